The van der Waals surface area contributed by atoms with Crippen molar-refractivity contribution in [3.63, 3.8) is 0 Å². The van der Waals surface area contributed by atoms with E-state index in [1.54, 1.807) is 18.0 Å². The van der Waals surface area contributed by atoms with Crippen molar-refractivity contribution in [1.29, 1.82) is 0 Å². The lowest BCUT2D eigenvalue weighted by molar-refractivity contribution is 0.0988. The summed E-state index contributed by atoms with van der Waals surface area (Å²) in [5, 5.41) is 4.63. The number of hydrogen-bond acceptors (Lipinski definition) is 7. The van der Waals surface area contributed by atoms with E-state index in [1.165, 1.54) is 16.9 Å². The summed E-state index contributed by atoms with van der Waals surface area (Å²) in [6, 6.07) is 11.9. The summed E-state index contributed by atoms with van der Waals surface area (Å²) in [6.45, 7) is 4.26. The van der Waals surface area contributed by atoms with E-state index in [2.05, 4.69) is 33.6 Å². The van der Waals surface area contributed by atoms with E-state index in [-0.39, 0.29) is 5.91 Å². The summed E-state index contributed by atoms with van der Waals surface area (Å²) in [5.41, 5.74) is 3.58. The summed E-state index contributed by atoms with van der Waals surface area (Å²) >= 11 is 2.62. The molecule has 0 radical (unpaired) electrons. The smallest absolute Gasteiger partial charge is 0.274 e. The zero-order valence-corrected chi connectivity index (χ0v) is 16.5. The average molecular weight is 396 g/mol. The Labute approximate surface area is 164 Å². The molecule has 0 spiro atoms. The van der Waals surface area contributed by atoms with Crippen molar-refractivity contribution in [3.8, 4) is 0 Å². The highest BCUT2D eigenvalue weighted by molar-refractivity contribution is 7.22. The lowest BCUT2D eigenvalue weighted by atomic mass is 10.2. The minimum absolute atomic E-state index is 0.150. The Bertz CT molecular complexity index is 1090. The van der Waals surface area contributed by atoms with Gasteiger partial charge in [-0.25, -0.2) is 4.98 Å². The Balaban J connectivity index is 1.77. The van der Waals surface area contributed by atoms with Crippen LogP contribution in [0.2, 0.25) is 0 Å². The predicted molar refractivity (Wildman–Crippen MR) is 108 cm³/mol. The van der Waals surface area contributed by atoms with Crippen LogP contribution in [0.1, 0.15) is 33.5 Å². The SMILES string of the molecule is CCc1ccc2nc(N(Cc3ccccn3)C(=O)c3snnc3C)sc2c1. The van der Waals surface area contributed by atoms with E-state index in [1.807, 2.05) is 24.3 Å². The van der Waals surface area contributed by atoms with E-state index in [4.69, 9.17) is 4.98 Å². The van der Waals surface area contributed by atoms with Gasteiger partial charge in [-0.2, -0.15) is 0 Å². The second kappa shape index (κ2) is 7.50. The molecule has 3 aromatic heterocycles. The first-order valence-corrected chi connectivity index (χ1v) is 10.1. The number of carbonyl (C=O) groups is 1. The van der Waals surface area contributed by atoms with Crippen molar-refractivity contribution in [3.05, 3.63) is 64.4 Å². The van der Waals surface area contributed by atoms with Crippen LogP contribution in [-0.2, 0) is 13.0 Å². The Morgan fingerprint density at radius 3 is 2.81 bits per heavy atom. The number of carbonyl (C=O) groups excluding carboxylic acids is 1. The molecular weight excluding hydrogens is 378 g/mol. The topological polar surface area (TPSA) is 71.9 Å². The van der Waals surface area contributed by atoms with Crippen LogP contribution in [0.4, 0.5) is 5.13 Å². The summed E-state index contributed by atoms with van der Waals surface area (Å²) in [6.07, 6.45) is 2.69. The molecule has 6 nitrogen and oxygen atoms in total. The lowest BCUT2D eigenvalue weighted by Crippen LogP contribution is -2.30. The first-order chi connectivity index (χ1) is 13.2. The number of aromatic nitrogens is 4. The molecule has 0 aliphatic heterocycles. The molecule has 1 amide bonds. The third-order valence-electron chi connectivity index (χ3n) is 4.22. The van der Waals surface area contributed by atoms with E-state index < -0.39 is 0 Å². The Hall–Kier alpha value is -2.71. The third kappa shape index (κ3) is 3.58. The minimum atomic E-state index is -0.150. The quantitative estimate of drug-likeness (QED) is 0.505. The molecule has 1 aromatic carbocycles. The van der Waals surface area contributed by atoms with Crippen molar-refractivity contribution in [2.24, 2.45) is 0 Å². The number of rotatable bonds is 5. The highest BCUT2D eigenvalue weighted by Gasteiger charge is 2.25. The number of benzene rings is 1. The van der Waals surface area contributed by atoms with E-state index in [9.17, 15) is 4.79 Å². The molecule has 0 unspecified atom stereocenters. The number of thiazole rings is 1. The second-order valence-corrected chi connectivity index (χ2v) is 7.82. The maximum Gasteiger partial charge on any atom is 0.274 e. The van der Waals surface area contributed by atoms with Gasteiger partial charge >= 0.3 is 0 Å². The van der Waals surface area contributed by atoms with Crippen LogP contribution in [0.3, 0.4) is 0 Å². The normalized spacial score (nSPS) is 11.0. The zero-order valence-electron chi connectivity index (χ0n) is 14.9. The van der Waals surface area contributed by atoms with Gasteiger partial charge in [0.15, 0.2) is 5.13 Å². The van der Waals surface area contributed by atoms with E-state index in [0.717, 1.165) is 33.9 Å². The molecule has 8 heteroatoms. The van der Waals surface area contributed by atoms with Gasteiger partial charge in [0.2, 0.25) is 0 Å². The number of amides is 1. The fourth-order valence-corrected chi connectivity index (χ4v) is 4.36. The van der Waals surface area contributed by atoms with Gasteiger partial charge in [-0.05, 0) is 54.7 Å². The number of hydrogen-bond donors (Lipinski definition) is 0. The van der Waals surface area contributed by atoms with Gasteiger partial charge in [-0.15, -0.1) is 5.10 Å². The fourth-order valence-electron chi connectivity index (χ4n) is 2.72. The molecule has 0 saturated heterocycles. The number of anilines is 1. The van der Waals surface area contributed by atoms with Gasteiger partial charge < -0.3 is 0 Å². The first kappa shape index (κ1) is 17.7. The lowest BCUT2D eigenvalue weighted by Gasteiger charge is -2.18. The molecule has 4 rings (SSSR count). The number of aryl methyl sites for hydroxylation is 2. The van der Waals surface area contributed by atoms with Crippen LogP contribution in [0.5, 0.6) is 0 Å². The summed E-state index contributed by atoms with van der Waals surface area (Å²) in [5.74, 6) is -0.150. The summed E-state index contributed by atoms with van der Waals surface area (Å²) in [7, 11) is 0. The third-order valence-corrected chi connectivity index (χ3v) is 6.07. The van der Waals surface area contributed by atoms with Gasteiger partial charge in [0.05, 0.1) is 28.1 Å². The largest absolute Gasteiger partial charge is 0.277 e. The molecule has 0 saturated carbocycles. The number of nitrogens with zero attached hydrogens (tertiary/aromatic N) is 5. The molecule has 3 heterocycles. The molecule has 27 heavy (non-hydrogen) atoms. The Morgan fingerprint density at radius 2 is 2.11 bits per heavy atom. The predicted octanol–water partition coefficient (Wildman–Crippen LogP) is 4.26. The van der Waals surface area contributed by atoms with Crippen LogP contribution in [0.15, 0.2) is 42.6 Å². The molecule has 136 valence electrons. The maximum absolute atomic E-state index is 13.2. The van der Waals surface area contributed by atoms with Gasteiger partial charge in [-0.3, -0.25) is 14.7 Å². The molecule has 0 atom stereocenters. The number of fused-ring (bicyclic) bond motifs is 1. The van der Waals surface area contributed by atoms with Crippen molar-refractivity contribution in [2.75, 3.05) is 4.90 Å². The van der Waals surface area contributed by atoms with Crippen LogP contribution in [-0.4, -0.2) is 25.5 Å². The minimum Gasteiger partial charge on any atom is -0.277 e. The monoisotopic (exact) mass is 395 g/mol. The Kier molecular flexibility index (Phi) is 4.91. The fraction of sp³-hybridized carbons (Fsp3) is 0.211. The standard InChI is InChI=1S/C19H17N5OS2/c1-3-13-7-8-15-16(10-13)26-19(21-15)24(11-14-6-4-5-9-20-14)18(25)17-12(2)22-23-27-17/h4-10H,3,11H2,1-2H3. The second-order valence-electron chi connectivity index (χ2n) is 6.05. The van der Waals surface area contributed by atoms with Gasteiger partial charge in [0, 0.05) is 6.20 Å². The van der Waals surface area contributed by atoms with Crippen molar-refractivity contribution in [2.45, 2.75) is 26.8 Å². The molecular formula is C19H17N5OS2. The van der Waals surface area contributed by atoms with Crippen molar-refractivity contribution >= 4 is 44.1 Å². The Morgan fingerprint density at radius 1 is 1.22 bits per heavy atom. The first-order valence-electron chi connectivity index (χ1n) is 8.56. The molecule has 0 N–H and O–H groups in total. The average Bonchev–Trinajstić information content (AvgIpc) is 3.31. The van der Waals surface area contributed by atoms with Crippen LogP contribution < -0.4 is 4.90 Å². The molecule has 0 aliphatic rings. The highest BCUT2D eigenvalue weighted by Crippen LogP contribution is 2.32. The molecule has 4 aromatic rings. The molecule has 0 bridgehead atoms. The zero-order chi connectivity index (χ0) is 18.8. The van der Waals surface area contributed by atoms with E-state index in [0.29, 0.717) is 22.2 Å². The van der Waals surface area contributed by atoms with Crippen LogP contribution in [0.25, 0.3) is 10.2 Å². The molecule has 0 aliphatic carbocycles. The van der Waals surface area contributed by atoms with Crippen molar-refractivity contribution < 1.29 is 4.79 Å². The summed E-state index contributed by atoms with van der Waals surface area (Å²) < 4.78 is 4.97. The van der Waals surface area contributed by atoms with Crippen LogP contribution in [0, 0.1) is 6.92 Å². The summed E-state index contributed by atoms with van der Waals surface area (Å²) in [4.78, 5) is 24.5. The van der Waals surface area contributed by atoms with Gasteiger partial charge in [0.1, 0.15) is 4.88 Å². The van der Waals surface area contributed by atoms with E-state index >= 15 is 0 Å². The van der Waals surface area contributed by atoms with Gasteiger partial charge in [-0.1, -0.05) is 34.9 Å². The molecule has 0 fully saturated rings. The van der Waals surface area contributed by atoms with Gasteiger partial charge in [0.25, 0.3) is 5.91 Å². The maximum atomic E-state index is 13.2. The van der Waals surface area contributed by atoms with Crippen molar-refractivity contribution in [1.82, 2.24) is 19.6 Å². The van der Waals surface area contributed by atoms with Crippen LogP contribution >= 0.6 is 22.9 Å². The highest BCUT2D eigenvalue weighted by atomic mass is 32.1. The number of pyridine rings is 1.